The summed E-state index contributed by atoms with van der Waals surface area (Å²) < 4.78 is 0.907. The SMILES string of the molecule is Cn1c(=O)[nH]cc(C(=O)N2C[C@H](c3ccccc3)c3ccccc32)c1=O. The zero-order chi connectivity index (χ0) is 18.3. The molecule has 0 aliphatic carbocycles. The number of para-hydroxylation sites is 1. The molecular weight excluding hydrogens is 330 g/mol. The number of hydrogen-bond acceptors (Lipinski definition) is 3. The number of aromatic amines is 1. The number of nitrogens with one attached hydrogen (secondary N) is 1. The van der Waals surface area contributed by atoms with Crippen LogP contribution in [0.5, 0.6) is 0 Å². The van der Waals surface area contributed by atoms with Gasteiger partial charge in [-0.2, -0.15) is 0 Å². The number of amides is 1. The van der Waals surface area contributed by atoms with E-state index in [4.69, 9.17) is 0 Å². The van der Waals surface area contributed by atoms with Gasteiger partial charge in [0.05, 0.1) is 0 Å². The zero-order valence-corrected chi connectivity index (χ0v) is 14.2. The summed E-state index contributed by atoms with van der Waals surface area (Å²) in [7, 11) is 1.35. The van der Waals surface area contributed by atoms with Gasteiger partial charge in [0.2, 0.25) is 0 Å². The molecule has 26 heavy (non-hydrogen) atoms. The molecule has 0 saturated heterocycles. The van der Waals surface area contributed by atoms with E-state index in [1.54, 1.807) is 4.90 Å². The van der Waals surface area contributed by atoms with E-state index in [2.05, 4.69) is 4.98 Å². The molecule has 130 valence electrons. The van der Waals surface area contributed by atoms with Gasteiger partial charge in [0, 0.05) is 31.4 Å². The van der Waals surface area contributed by atoms with Crippen molar-refractivity contribution in [3.63, 3.8) is 0 Å². The summed E-state index contributed by atoms with van der Waals surface area (Å²) in [5, 5.41) is 0. The third kappa shape index (κ3) is 2.47. The molecule has 6 heteroatoms. The Balaban J connectivity index is 1.79. The topological polar surface area (TPSA) is 75.2 Å². The van der Waals surface area contributed by atoms with Gasteiger partial charge >= 0.3 is 5.69 Å². The summed E-state index contributed by atoms with van der Waals surface area (Å²) in [6, 6.07) is 17.7. The minimum absolute atomic E-state index is 0.0444. The van der Waals surface area contributed by atoms with Gasteiger partial charge in [0.15, 0.2) is 0 Å². The lowest BCUT2D eigenvalue weighted by Crippen LogP contribution is -2.40. The van der Waals surface area contributed by atoms with Crippen LogP contribution in [-0.4, -0.2) is 22.0 Å². The number of anilines is 1. The van der Waals surface area contributed by atoms with Gasteiger partial charge in [0.1, 0.15) is 5.56 Å². The van der Waals surface area contributed by atoms with Crippen LogP contribution in [0.3, 0.4) is 0 Å². The van der Waals surface area contributed by atoms with Crippen molar-refractivity contribution in [2.75, 3.05) is 11.4 Å². The molecule has 2 heterocycles. The fraction of sp³-hybridized carbons (Fsp3) is 0.150. The van der Waals surface area contributed by atoms with E-state index >= 15 is 0 Å². The maximum atomic E-state index is 13.1. The van der Waals surface area contributed by atoms with E-state index in [0.29, 0.717) is 6.54 Å². The molecule has 1 N–H and O–H groups in total. The third-order valence-corrected chi connectivity index (χ3v) is 4.83. The molecule has 0 unspecified atom stereocenters. The van der Waals surface area contributed by atoms with Gasteiger partial charge in [-0.05, 0) is 17.2 Å². The predicted molar refractivity (Wildman–Crippen MR) is 98.7 cm³/mol. The second kappa shape index (κ2) is 6.15. The highest BCUT2D eigenvalue weighted by Crippen LogP contribution is 2.40. The van der Waals surface area contributed by atoms with Crippen LogP contribution in [0.2, 0.25) is 0 Å². The Morgan fingerprint density at radius 1 is 1.04 bits per heavy atom. The smallest absolute Gasteiger partial charge is 0.313 e. The molecule has 6 nitrogen and oxygen atoms in total. The van der Waals surface area contributed by atoms with Crippen molar-refractivity contribution in [3.05, 3.63) is 98.3 Å². The van der Waals surface area contributed by atoms with Gasteiger partial charge in [-0.1, -0.05) is 48.5 Å². The summed E-state index contributed by atoms with van der Waals surface area (Å²) in [4.78, 5) is 41.0. The molecule has 0 spiro atoms. The summed E-state index contributed by atoms with van der Waals surface area (Å²) >= 11 is 0. The van der Waals surface area contributed by atoms with Crippen LogP contribution in [0.25, 0.3) is 0 Å². The lowest BCUT2D eigenvalue weighted by Gasteiger charge is -2.18. The van der Waals surface area contributed by atoms with Crippen molar-refractivity contribution in [2.45, 2.75) is 5.92 Å². The highest BCUT2D eigenvalue weighted by molar-refractivity contribution is 6.07. The molecule has 2 aromatic carbocycles. The number of carbonyl (C=O) groups is 1. The number of fused-ring (bicyclic) bond motifs is 1. The van der Waals surface area contributed by atoms with E-state index in [1.807, 2.05) is 54.6 Å². The largest absolute Gasteiger partial charge is 0.328 e. The van der Waals surface area contributed by atoms with Crippen molar-refractivity contribution >= 4 is 11.6 Å². The van der Waals surface area contributed by atoms with E-state index in [1.165, 1.54) is 13.2 Å². The molecule has 1 atom stereocenters. The third-order valence-electron chi connectivity index (χ3n) is 4.83. The Labute approximate surface area is 149 Å². The Morgan fingerprint density at radius 2 is 1.73 bits per heavy atom. The summed E-state index contributed by atoms with van der Waals surface area (Å²) in [5.74, 6) is -0.365. The second-order valence-corrected chi connectivity index (χ2v) is 6.31. The summed E-state index contributed by atoms with van der Waals surface area (Å²) in [5.41, 5.74) is 1.77. The fourth-order valence-corrected chi connectivity index (χ4v) is 3.43. The summed E-state index contributed by atoms with van der Waals surface area (Å²) in [6.07, 6.45) is 1.20. The molecule has 1 aromatic heterocycles. The van der Waals surface area contributed by atoms with Crippen LogP contribution in [-0.2, 0) is 7.05 Å². The number of nitrogens with zero attached hydrogens (tertiary/aromatic N) is 2. The van der Waals surface area contributed by atoms with Crippen molar-refractivity contribution in [1.82, 2.24) is 9.55 Å². The second-order valence-electron chi connectivity index (χ2n) is 6.31. The van der Waals surface area contributed by atoms with Gasteiger partial charge in [-0.3, -0.25) is 14.2 Å². The number of aromatic nitrogens is 2. The number of rotatable bonds is 2. The van der Waals surface area contributed by atoms with Crippen molar-refractivity contribution in [2.24, 2.45) is 7.05 Å². The van der Waals surface area contributed by atoms with E-state index in [0.717, 1.165) is 21.4 Å². The maximum absolute atomic E-state index is 13.1. The van der Waals surface area contributed by atoms with Gasteiger partial charge < -0.3 is 9.88 Å². The average molecular weight is 347 g/mol. The van der Waals surface area contributed by atoms with Crippen LogP contribution >= 0.6 is 0 Å². The highest BCUT2D eigenvalue weighted by Gasteiger charge is 2.34. The Morgan fingerprint density at radius 3 is 2.50 bits per heavy atom. The molecule has 0 bridgehead atoms. The number of carbonyl (C=O) groups excluding carboxylic acids is 1. The van der Waals surface area contributed by atoms with Crippen LogP contribution in [0.1, 0.15) is 27.4 Å². The van der Waals surface area contributed by atoms with Crippen LogP contribution in [0, 0.1) is 0 Å². The molecule has 1 amide bonds. The maximum Gasteiger partial charge on any atom is 0.328 e. The van der Waals surface area contributed by atoms with Crippen molar-refractivity contribution in [3.8, 4) is 0 Å². The number of hydrogen-bond donors (Lipinski definition) is 1. The Kier molecular flexibility index (Phi) is 3.80. The monoisotopic (exact) mass is 347 g/mol. The zero-order valence-electron chi connectivity index (χ0n) is 14.2. The fourth-order valence-electron chi connectivity index (χ4n) is 3.43. The van der Waals surface area contributed by atoms with E-state index in [9.17, 15) is 14.4 Å². The van der Waals surface area contributed by atoms with Crippen LogP contribution in [0.15, 0.2) is 70.4 Å². The first-order valence-corrected chi connectivity index (χ1v) is 8.32. The van der Waals surface area contributed by atoms with Crippen LogP contribution in [0.4, 0.5) is 5.69 Å². The first kappa shape index (κ1) is 16.1. The van der Waals surface area contributed by atoms with Crippen molar-refractivity contribution in [1.29, 1.82) is 0 Å². The molecule has 0 saturated carbocycles. The Hall–Kier alpha value is -3.41. The molecule has 0 fully saturated rings. The number of benzene rings is 2. The normalized spacial score (nSPS) is 15.7. The van der Waals surface area contributed by atoms with Crippen LogP contribution < -0.4 is 16.1 Å². The van der Waals surface area contributed by atoms with E-state index in [-0.39, 0.29) is 11.5 Å². The molecule has 1 aliphatic heterocycles. The van der Waals surface area contributed by atoms with Gasteiger partial charge in [-0.25, -0.2) is 4.79 Å². The average Bonchev–Trinajstić information content (AvgIpc) is 3.06. The standard InChI is InChI=1S/C20H17N3O3/c1-22-18(24)15(11-21-20(22)26)19(25)23-12-16(13-7-3-2-4-8-13)14-9-5-6-10-17(14)23/h2-11,16H,12H2,1H3,(H,21,26)/t16-/m1/s1. The first-order chi connectivity index (χ1) is 12.6. The highest BCUT2D eigenvalue weighted by atomic mass is 16.2. The minimum Gasteiger partial charge on any atom is -0.313 e. The van der Waals surface area contributed by atoms with E-state index < -0.39 is 17.2 Å². The van der Waals surface area contributed by atoms with Gasteiger partial charge in [-0.15, -0.1) is 0 Å². The quantitative estimate of drug-likeness (QED) is 0.769. The molecule has 3 aromatic rings. The molecular formula is C20H17N3O3. The summed E-state index contributed by atoms with van der Waals surface area (Å²) in [6.45, 7) is 0.449. The first-order valence-electron chi connectivity index (χ1n) is 8.32. The molecule has 0 radical (unpaired) electrons. The molecule has 1 aliphatic rings. The number of H-pyrrole nitrogens is 1. The lowest BCUT2D eigenvalue weighted by molar-refractivity contribution is 0.0986. The van der Waals surface area contributed by atoms with Gasteiger partial charge in [0.25, 0.3) is 11.5 Å². The Bertz CT molecular complexity index is 1100. The van der Waals surface area contributed by atoms with Crippen molar-refractivity contribution < 1.29 is 4.79 Å². The minimum atomic E-state index is -0.598. The molecule has 4 rings (SSSR count). The lowest BCUT2D eigenvalue weighted by atomic mass is 9.93. The predicted octanol–water partition coefficient (Wildman–Crippen LogP) is 1.87.